The lowest BCUT2D eigenvalue weighted by Crippen LogP contribution is -2.06. The summed E-state index contributed by atoms with van der Waals surface area (Å²) in [6.45, 7) is 2.41. The molecule has 0 aliphatic rings. The van der Waals surface area contributed by atoms with Crippen LogP contribution in [0.15, 0.2) is 41.0 Å². The Morgan fingerprint density at radius 3 is 2.90 bits per heavy atom. The van der Waals surface area contributed by atoms with Crippen molar-refractivity contribution >= 4 is 33.4 Å². The molecule has 0 aliphatic carbocycles. The molecule has 104 valence electrons. The van der Waals surface area contributed by atoms with Crippen molar-refractivity contribution in [1.82, 2.24) is 4.98 Å². The molecule has 0 spiro atoms. The molecule has 2 aromatic rings. The number of hydrogen-bond donors (Lipinski definition) is 2. The SMILES string of the molecule is CCOc1ccccc1Nc1ncc(Br)cc1C(=O)O. The fourth-order valence-electron chi connectivity index (χ4n) is 1.68. The Morgan fingerprint density at radius 2 is 2.20 bits per heavy atom. The fourth-order valence-corrected chi connectivity index (χ4v) is 2.01. The first-order valence-electron chi connectivity index (χ1n) is 5.99. The third-order valence-corrected chi connectivity index (χ3v) is 2.96. The van der Waals surface area contributed by atoms with Gasteiger partial charge in [-0.15, -0.1) is 0 Å². The van der Waals surface area contributed by atoms with Crippen molar-refractivity contribution in [1.29, 1.82) is 0 Å². The van der Waals surface area contributed by atoms with Gasteiger partial charge in [-0.3, -0.25) is 0 Å². The van der Waals surface area contributed by atoms with Gasteiger partial charge < -0.3 is 15.2 Å². The quantitative estimate of drug-likeness (QED) is 0.871. The number of rotatable bonds is 5. The van der Waals surface area contributed by atoms with Crippen LogP contribution in [-0.2, 0) is 0 Å². The van der Waals surface area contributed by atoms with Crippen LogP contribution in [0.4, 0.5) is 11.5 Å². The van der Waals surface area contributed by atoms with Crippen LogP contribution in [-0.4, -0.2) is 22.7 Å². The molecule has 0 bridgehead atoms. The van der Waals surface area contributed by atoms with Crippen molar-refractivity contribution in [3.63, 3.8) is 0 Å². The molecule has 1 aromatic heterocycles. The van der Waals surface area contributed by atoms with Crippen molar-refractivity contribution in [3.8, 4) is 5.75 Å². The predicted octanol–water partition coefficient (Wildman–Crippen LogP) is 3.68. The summed E-state index contributed by atoms with van der Waals surface area (Å²) in [6.07, 6.45) is 1.54. The molecule has 20 heavy (non-hydrogen) atoms. The van der Waals surface area contributed by atoms with E-state index in [9.17, 15) is 9.90 Å². The first-order chi connectivity index (χ1) is 9.61. The molecule has 0 saturated carbocycles. The van der Waals surface area contributed by atoms with Crippen LogP contribution in [0.25, 0.3) is 0 Å². The molecule has 5 nitrogen and oxygen atoms in total. The first kappa shape index (κ1) is 14.3. The van der Waals surface area contributed by atoms with Crippen molar-refractivity contribution < 1.29 is 14.6 Å². The maximum absolute atomic E-state index is 11.2. The number of para-hydroxylation sites is 2. The zero-order valence-electron chi connectivity index (χ0n) is 10.8. The van der Waals surface area contributed by atoms with E-state index in [0.29, 0.717) is 22.5 Å². The van der Waals surface area contributed by atoms with Gasteiger partial charge in [0.15, 0.2) is 0 Å². The van der Waals surface area contributed by atoms with Crippen LogP contribution < -0.4 is 10.1 Å². The van der Waals surface area contributed by atoms with Crippen molar-refractivity contribution in [2.24, 2.45) is 0 Å². The lowest BCUT2D eigenvalue weighted by molar-refractivity contribution is 0.0697. The minimum absolute atomic E-state index is 0.0886. The summed E-state index contributed by atoms with van der Waals surface area (Å²) in [7, 11) is 0. The molecule has 1 aromatic carbocycles. The lowest BCUT2D eigenvalue weighted by Gasteiger charge is -2.13. The summed E-state index contributed by atoms with van der Waals surface area (Å²) in [5.41, 5.74) is 0.761. The Morgan fingerprint density at radius 1 is 1.45 bits per heavy atom. The molecule has 0 radical (unpaired) electrons. The van der Waals surface area contributed by atoms with E-state index >= 15 is 0 Å². The van der Waals surface area contributed by atoms with Crippen LogP contribution in [0, 0.1) is 0 Å². The average Bonchev–Trinajstić information content (AvgIpc) is 2.43. The normalized spacial score (nSPS) is 10.1. The topological polar surface area (TPSA) is 71.5 Å². The Bertz CT molecular complexity index is 632. The first-order valence-corrected chi connectivity index (χ1v) is 6.78. The summed E-state index contributed by atoms with van der Waals surface area (Å²) >= 11 is 3.21. The van der Waals surface area contributed by atoms with Crippen LogP contribution in [0.1, 0.15) is 17.3 Å². The lowest BCUT2D eigenvalue weighted by atomic mass is 10.2. The van der Waals surface area contributed by atoms with Crippen molar-refractivity contribution in [2.75, 3.05) is 11.9 Å². The summed E-state index contributed by atoms with van der Waals surface area (Å²) in [6, 6.07) is 8.81. The molecule has 0 unspecified atom stereocenters. The van der Waals surface area contributed by atoms with E-state index in [1.807, 2.05) is 25.1 Å². The molecule has 0 saturated heterocycles. The number of nitrogens with zero attached hydrogens (tertiary/aromatic N) is 1. The van der Waals surface area contributed by atoms with Gasteiger partial charge in [-0.2, -0.15) is 0 Å². The number of benzene rings is 1. The number of halogens is 1. The third-order valence-electron chi connectivity index (χ3n) is 2.52. The summed E-state index contributed by atoms with van der Waals surface area (Å²) in [5.74, 6) is -0.126. The highest BCUT2D eigenvalue weighted by molar-refractivity contribution is 9.10. The molecule has 1 heterocycles. The largest absolute Gasteiger partial charge is 0.492 e. The molecule has 6 heteroatoms. The molecule has 2 N–H and O–H groups in total. The predicted molar refractivity (Wildman–Crippen MR) is 79.8 cm³/mol. The molecular weight excluding hydrogens is 324 g/mol. The number of carboxylic acid groups (broad SMARTS) is 1. The maximum atomic E-state index is 11.2. The van der Waals surface area contributed by atoms with Gasteiger partial charge in [0.1, 0.15) is 17.1 Å². The van der Waals surface area contributed by atoms with Gasteiger partial charge in [0.25, 0.3) is 0 Å². The highest BCUT2D eigenvalue weighted by atomic mass is 79.9. The van der Waals surface area contributed by atoms with E-state index in [1.165, 1.54) is 12.3 Å². The van der Waals surface area contributed by atoms with Gasteiger partial charge in [0.05, 0.1) is 12.3 Å². The molecule has 2 rings (SSSR count). The zero-order chi connectivity index (χ0) is 14.5. The molecule has 0 amide bonds. The Labute approximate surface area is 124 Å². The van der Waals surface area contributed by atoms with E-state index in [0.717, 1.165) is 0 Å². The maximum Gasteiger partial charge on any atom is 0.339 e. The molecular formula is C14H13BrN2O3. The van der Waals surface area contributed by atoms with Crippen molar-refractivity contribution in [3.05, 3.63) is 46.6 Å². The number of carboxylic acids is 1. The number of anilines is 2. The number of ether oxygens (including phenoxy) is 1. The van der Waals surface area contributed by atoms with Gasteiger partial charge in [0.2, 0.25) is 0 Å². The van der Waals surface area contributed by atoms with Crippen LogP contribution >= 0.6 is 15.9 Å². The zero-order valence-corrected chi connectivity index (χ0v) is 12.3. The fraction of sp³-hybridized carbons (Fsp3) is 0.143. The van der Waals surface area contributed by atoms with Gasteiger partial charge in [-0.25, -0.2) is 9.78 Å². The second-order valence-electron chi connectivity index (χ2n) is 3.91. The standard InChI is InChI=1S/C14H13BrN2O3/c1-2-20-12-6-4-3-5-11(12)17-13-10(14(18)19)7-9(15)8-16-13/h3-8H,2H2,1H3,(H,16,17)(H,18,19). The summed E-state index contributed by atoms with van der Waals surface area (Å²) in [4.78, 5) is 15.3. The number of pyridine rings is 1. The number of carbonyl (C=O) groups is 1. The minimum Gasteiger partial charge on any atom is -0.492 e. The molecule has 0 aliphatic heterocycles. The number of aromatic carboxylic acids is 1. The van der Waals surface area contributed by atoms with E-state index in [4.69, 9.17) is 4.74 Å². The number of nitrogens with one attached hydrogen (secondary N) is 1. The summed E-state index contributed by atoms with van der Waals surface area (Å²) in [5, 5.41) is 12.2. The van der Waals surface area contributed by atoms with E-state index in [1.54, 1.807) is 6.07 Å². The smallest absolute Gasteiger partial charge is 0.339 e. The molecule has 0 atom stereocenters. The van der Waals surface area contributed by atoms with Gasteiger partial charge in [0, 0.05) is 10.7 Å². The Balaban J connectivity index is 2.37. The Kier molecular flexibility index (Phi) is 4.57. The Hall–Kier alpha value is -2.08. The van der Waals surface area contributed by atoms with Crippen LogP contribution in [0.5, 0.6) is 5.75 Å². The van der Waals surface area contributed by atoms with Gasteiger partial charge in [-0.05, 0) is 41.1 Å². The van der Waals surface area contributed by atoms with Gasteiger partial charge >= 0.3 is 5.97 Å². The minimum atomic E-state index is -1.05. The molecule has 0 fully saturated rings. The van der Waals surface area contributed by atoms with E-state index < -0.39 is 5.97 Å². The monoisotopic (exact) mass is 336 g/mol. The van der Waals surface area contributed by atoms with E-state index in [2.05, 4.69) is 26.2 Å². The average molecular weight is 337 g/mol. The van der Waals surface area contributed by atoms with Crippen LogP contribution in [0.3, 0.4) is 0 Å². The van der Waals surface area contributed by atoms with Crippen LogP contribution in [0.2, 0.25) is 0 Å². The highest BCUT2D eigenvalue weighted by Gasteiger charge is 2.13. The van der Waals surface area contributed by atoms with Gasteiger partial charge in [-0.1, -0.05) is 12.1 Å². The number of hydrogen-bond acceptors (Lipinski definition) is 4. The summed E-state index contributed by atoms with van der Waals surface area (Å²) < 4.78 is 6.10. The number of aromatic nitrogens is 1. The second-order valence-corrected chi connectivity index (χ2v) is 4.82. The third kappa shape index (κ3) is 3.27. The second kappa shape index (κ2) is 6.38. The van der Waals surface area contributed by atoms with Crippen molar-refractivity contribution in [2.45, 2.75) is 6.92 Å². The van der Waals surface area contributed by atoms with E-state index in [-0.39, 0.29) is 11.4 Å². The highest BCUT2D eigenvalue weighted by Crippen LogP contribution is 2.28.